The zero-order valence-corrected chi connectivity index (χ0v) is 12.5. The van der Waals surface area contributed by atoms with E-state index in [1.54, 1.807) is 7.11 Å². The molecule has 0 bridgehead atoms. The fourth-order valence-electron chi connectivity index (χ4n) is 2.16. The van der Waals surface area contributed by atoms with E-state index >= 15 is 0 Å². The van der Waals surface area contributed by atoms with Gasteiger partial charge in [0, 0.05) is 24.6 Å². The Balaban J connectivity index is 2.17. The number of aromatic nitrogens is 2. The minimum Gasteiger partial charge on any atom is -0.496 e. The van der Waals surface area contributed by atoms with Crippen LogP contribution in [0.3, 0.4) is 0 Å². The van der Waals surface area contributed by atoms with Crippen molar-refractivity contribution in [2.24, 2.45) is 0 Å². The Labute approximate surface area is 124 Å². The maximum Gasteiger partial charge on any atom is 0.251 e. The summed E-state index contributed by atoms with van der Waals surface area (Å²) < 4.78 is 5.33. The van der Waals surface area contributed by atoms with Crippen LogP contribution < -0.4 is 15.6 Å². The second-order valence-corrected chi connectivity index (χ2v) is 4.85. The number of rotatable bonds is 7. The summed E-state index contributed by atoms with van der Waals surface area (Å²) in [6, 6.07) is 9.28. The normalized spacial score (nSPS) is 10.6. The Bertz CT molecular complexity index is 637. The van der Waals surface area contributed by atoms with Crippen LogP contribution in [0.4, 0.5) is 0 Å². The highest BCUT2D eigenvalue weighted by Gasteiger charge is 2.06. The van der Waals surface area contributed by atoms with Crippen molar-refractivity contribution >= 4 is 0 Å². The Hall–Kier alpha value is -2.14. The smallest absolute Gasteiger partial charge is 0.251 e. The van der Waals surface area contributed by atoms with Crippen molar-refractivity contribution in [1.82, 2.24) is 15.3 Å². The number of H-pyrrole nitrogens is 1. The van der Waals surface area contributed by atoms with E-state index in [-0.39, 0.29) is 5.56 Å². The minimum absolute atomic E-state index is 0.122. The Morgan fingerprint density at radius 2 is 2.14 bits per heavy atom. The van der Waals surface area contributed by atoms with Crippen LogP contribution in [0.1, 0.15) is 30.4 Å². The van der Waals surface area contributed by atoms with E-state index in [1.807, 2.05) is 24.3 Å². The molecule has 0 saturated carbocycles. The van der Waals surface area contributed by atoms with Crippen molar-refractivity contribution in [2.75, 3.05) is 13.7 Å². The molecule has 1 heterocycles. The van der Waals surface area contributed by atoms with Gasteiger partial charge in [0.25, 0.3) is 5.56 Å². The van der Waals surface area contributed by atoms with E-state index in [0.717, 1.165) is 30.0 Å². The number of benzene rings is 1. The average molecular weight is 287 g/mol. The van der Waals surface area contributed by atoms with E-state index < -0.39 is 0 Å². The van der Waals surface area contributed by atoms with Gasteiger partial charge in [0.05, 0.1) is 12.8 Å². The molecule has 2 N–H and O–H groups in total. The van der Waals surface area contributed by atoms with Gasteiger partial charge in [0.2, 0.25) is 0 Å². The second kappa shape index (κ2) is 7.59. The first-order valence-corrected chi connectivity index (χ1v) is 7.14. The lowest BCUT2D eigenvalue weighted by Crippen LogP contribution is -2.19. The van der Waals surface area contributed by atoms with E-state index in [0.29, 0.717) is 18.8 Å². The number of hydrogen-bond acceptors (Lipinski definition) is 4. The van der Waals surface area contributed by atoms with Crippen molar-refractivity contribution in [3.05, 3.63) is 57.8 Å². The van der Waals surface area contributed by atoms with Gasteiger partial charge in [-0.05, 0) is 19.0 Å². The second-order valence-electron chi connectivity index (χ2n) is 4.85. The predicted octanol–water partition coefficient (Wildman–Crippen LogP) is 1.87. The molecule has 2 rings (SSSR count). The lowest BCUT2D eigenvalue weighted by molar-refractivity contribution is 0.410. The summed E-state index contributed by atoms with van der Waals surface area (Å²) in [6.45, 7) is 3.62. The maximum atomic E-state index is 11.7. The predicted molar refractivity (Wildman–Crippen MR) is 82.7 cm³/mol. The van der Waals surface area contributed by atoms with Gasteiger partial charge in [-0.2, -0.15) is 0 Å². The Kier molecular flexibility index (Phi) is 5.51. The molecule has 112 valence electrons. The van der Waals surface area contributed by atoms with Crippen LogP contribution in [0.15, 0.2) is 35.1 Å². The highest BCUT2D eigenvalue weighted by atomic mass is 16.5. The first-order valence-electron chi connectivity index (χ1n) is 7.14. The monoisotopic (exact) mass is 287 g/mol. The van der Waals surface area contributed by atoms with Crippen molar-refractivity contribution in [3.63, 3.8) is 0 Å². The van der Waals surface area contributed by atoms with E-state index in [1.165, 1.54) is 6.07 Å². The van der Waals surface area contributed by atoms with Gasteiger partial charge in [-0.3, -0.25) is 4.79 Å². The third-order valence-corrected chi connectivity index (χ3v) is 3.13. The summed E-state index contributed by atoms with van der Waals surface area (Å²) in [7, 11) is 1.64. The van der Waals surface area contributed by atoms with Crippen LogP contribution in [0.25, 0.3) is 0 Å². The number of nitrogens with zero attached hydrogens (tertiary/aromatic N) is 1. The quantitative estimate of drug-likeness (QED) is 0.763. The number of nitrogens with one attached hydrogen (secondary N) is 2. The molecular weight excluding hydrogens is 266 g/mol. The van der Waals surface area contributed by atoms with Crippen LogP contribution in [0.5, 0.6) is 5.75 Å². The number of para-hydroxylation sites is 1. The highest BCUT2D eigenvalue weighted by Crippen LogP contribution is 2.19. The SMILES string of the molecule is CCCNCc1cc(=O)[nH]c(Cc2ccccc2OC)n1. The molecule has 0 unspecified atom stereocenters. The van der Waals surface area contributed by atoms with Crippen LogP contribution in [-0.2, 0) is 13.0 Å². The lowest BCUT2D eigenvalue weighted by atomic mass is 10.1. The van der Waals surface area contributed by atoms with Crippen LogP contribution in [0, 0.1) is 0 Å². The van der Waals surface area contributed by atoms with E-state index in [2.05, 4.69) is 22.2 Å². The van der Waals surface area contributed by atoms with Gasteiger partial charge in [-0.1, -0.05) is 25.1 Å². The number of hydrogen-bond donors (Lipinski definition) is 2. The molecule has 1 aromatic heterocycles. The summed E-state index contributed by atoms with van der Waals surface area (Å²) in [5, 5.41) is 3.25. The van der Waals surface area contributed by atoms with Crippen LogP contribution in [-0.4, -0.2) is 23.6 Å². The molecule has 5 nitrogen and oxygen atoms in total. The van der Waals surface area contributed by atoms with Gasteiger partial charge in [-0.15, -0.1) is 0 Å². The molecule has 21 heavy (non-hydrogen) atoms. The fourth-order valence-corrected chi connectivity index (χ4v) is 2.16. The number of ether oxygens (including phenoxy) is 1. The first kappa shape index (κ1) is 15.3. The summed E-state index contributed by atoms with van der Waals surface area (Å²) in [4.78, 5) is 19.0. The van der Waals surface area contributed by atoms with Gasteiger partial charge >= 0.3 is 0 Å². The average Bonchev–Trinajstić information content (AvgIpc) is 2.47. The molecular formula is C16H21N3O2. The molecule has 1 aromatic carbocycles. The van der Waals surface area contributed by atoms with Crippen molar-refractivity contribution in [2.45, 2.75) is 26.3 Å². The van der Waals surface area contributed by atoms with E-state index in [4.69, 9.17) is 4.74 Å². The van der Waals surface area contributed by atoms with Crippen molar-refractivity contribution in [3.8, 4) is 5.75 Å². The van der Waals surface area contributed by atoms with Crippen LogP contribution in [0.2, 0.25) is 0 Å². The molecule has 0 saturated heterocycles. The largest absolute Gasteiger partial charge is 0.496 e. The Morgan fingerprint density at radius 1 is 1.33 bits per heavy atom. The summed E-state index contributed by atoms with van der Waals surface area (Å²) in [5.74, 6) is 1.45. The standard InChI is InChI=1S/C16H21N3O2/c1-3-8-17-11-13-10-16(20)19-15(18-13)9-12-6-4-5-7-14(12)21-2/h4-7,10,17H,3,8-9,11H2,1-2H3,(H,18,19,20). The summed E-state index contributed by atoms with van der Waals surface area (Å²) >= 11 is 0. The van der Waals surface area contributed by atoms with Crippen molar-refractivity contribution in [1.29, 1.82) is 0 Å². The molecule has 0 amide bonds. The summed E-state index contributed by atoms with van der Waals surface area (Å²) in [6.07, 6.45) is 1.60. The minimum atomic E-state index is -0.122. The van der Waals surface area contributed by atoms with Gasteiger partial charge in [0.1, 0.15) is 11.6 Å². The molecule has 0 aliphatic carbocycles. The molecule has 0 spiro atoms. The van der Waals surface area contributed by atoms with Gasteiger partial charge in [0.15, 0.2) is 0 Å². The maximum absolute atomic E-state index is 11.7. The van der Waals surface area contributed by atoms with Crippen molar-refractivity contribution < 1.29 is 4.74 Å². The highest BCUT2D eigenvalue weighted by molar-refractivity contribution is 5.35. The molecule has 5 heteroatoms. The molecule has 0 atom stereocenters. The molecule has 0 aliphatic rings. The topological polar surface area (TPSA) is 67.0 Å². The lowest BCUT2D eigenvalue weighted by Gasteiger charge is -2.09. The zero-order valence-electron chi connectivity index (χ0n) is 12.5. The fraction of sp³-hybridized carbons (Fsp3) is 0.375. The molecule has 0 radical (unpaired) electrons. The molecule has 0 aliphatic heterocycles. The van der Waals surface area contributed by atoms with E-state index in [9.17, 15) is 4.79 Å². The zero-order chi connectivity index (χ0) is 15.1. The van der Waals surface area contributed by atoms with Gasteiger partial charge < -0.3 is 15.0 Å². The Morgan fingerprint density at radius 3 is 2.90 bits per heavy atom. The summed E-state index contributed by atoms with van der Waals surface area (Å²) in [5.41, 5.74) is 1.64. The molecule has 2 aromatic rings. The third kappa shape index (κ3) is 4.43. The third-order valence-electron chi connectivity index (χ3n) is 3.13. The number of aromatic amines is 1. The molecule has 0 fully saturated rings. The first-order chi connectivity index (χ1) is 10.2. The van der Waals surface area contributed by atoms with Gasteiger partial charge in [-0.25, -0.2) is 4.98 Å². The number of methoxy groups -OCH3 is 1. The van der Waals surface area contributed by atoms with Crippen LogP contribution >= 0.6 is 0 Å².